The summed E-state index contributed by atoms with van der Waals surface area (Å²) in [5.74, 6) is 2.15. The third kappa shape index (κ3) is 6.62. The summed E-state index contributed by atoms with van der Waals surface area (Å²) in [6.07, 6.45) is 0. The molecule has 0 fully saturated rings. The van der Waals surface area contributed by atoms with Crippen LogP contribution in [0.15, 0.2) is 42.5 Å². The largest absolute Gasteiger partial charge is 0.484 e. The summed E-state index contributed by atoms with van der Waals surface area (Å²) >= 11 is 0. The van der Waals surface area contributed by atoms with Crippen molar-refractivity contribution in [1.29, 1.82) is 0 Å². The molecule has 0 aromatic heterocycles. The second-order valence-electron chi connectivity index (χ2n) is 7.52. The minimum Gasteiger partial charge on any atom is -0.484 e. The molecular formula is C21H27ClN2O4. The van der Waals surface area contributed by atoms with Gasteiger partial charge in [-0.15, -0.1) is 12.4 Å². The maximum absolute atomic E-state index is 11.8. The molecule has 1 amide bonds. The lowest BCUT2D eigenvalue weighted by atomic mass is 10.1. The lowest BCUT2D eigenvalue weighted by molar-refractivity contribution is -0.124. The summed E-state index contributed by atoms with van der Waals surface area (Å²) in [7, 11) is 0. The van der Waals surface area contributed by atoms with E-state index in [0.29, 0.717) is 12.5 Å². The topological polar surface area (TPSA) is 68.8 Å². The Morgan fingerprint density at radius 2 is 1.64 bits per heavy atom. The molecule has 0 radical (unpaired) electrons. The van der Waals surface area contributed by atoms with Crippen molar-refractivity contribution in [3.63, 3.8) is 0 Å². The van der Waals surface area contributed by atoms with Gasteiger partial charge in [0.25, 0.3) is 5.91 Å². The lowest BCUT2D eigenvalue weighted by Crippen LogP contribution is -2.43. The van der Waals surface area contributed by atoms with E-state index < -0.39 is 0 Å². The van der Waals surface area contributed by atoms with Gasteiger partial charge in [0.15, 0.2) is 18.1 Å². The van der Waals surface area contributed by atoms with Gasteiger partial charge in [-0.3, -0.25) is 4.79 Å². The van der Waals surface area contributed by atoms with Crippen molar-refractivity contribution < 1.29 is 19.0 Å². The van der Waals surface area contributed by atoms with Gasteiger partial charge in [-0.2, -0.15) is 0 Å². The summed E-state index contributed by atoms with van der Waals surface area (Å²) in [6.45, 7) is 7.60. The molecule has 0 unspecified atom stereocenters. The standard InChI is InChI=1S/C21H26N2O4.ClH/c1-21(2,3)23-20(24)13-25-17-7-4-15(5-8-17)11-22-12-16-6-9-18-19(10-16)27-14-26-18;/h4-10,22H,11-14H2,1-3H3,(H,23,24);1H. The Hall–Kier alpha value is -2.44. The summed E-state index contributed by atoms with van der Waals surface area (Å²) in [4.78, 5) is 11.8. The van der Waals surface area contributed by atoms with E-state index in [-0.39, 0.29) is 30.5 Å². The summed E-state index contributed by atoms with van der Waals surface area (Å²) < 4.78 is 16.2. The van der Waals surface area contributed by atoms with Gasteiger partial charge in [-0.25, -0.2) is 0 Å². The molecule has 2 aromatic rings. The molecule has 0 atom stereocenters. The highest BCUT2D eigenvalue weighted by atomic mass is 35.5. The first-order valence-electron chi connectivity index (χ1n) is 9.01. The fourth-order valence-electron chi connectivity index (χ4n) is 2.71. The van der Waals surface area contributed by atoms with Crippen molar-refractivity contribution in [3.05, 3.63) is 53.6 Å². The number of nitrogens with one attached hydrogen (secondary N) is 2. The van der Waals surface area contributed by atoms with Gasteiger partial charge in [0.05, 0.1) is 0 Å². The minimum atomic E-state index is -0.256. The summed E-state index contributed by atoms with van der Waals surface area (Å²) in [5, 5.41) is 6.27. The van der Waals surface area contributed by atoms with E-state index in [1.165, 1.54) is 0 Å². The van der Waals surface area contributed by atoms with E-state index in [0.717, 1.165) is 35.7 Å². The number of hydrogen-bond donors (Lipinski definition) is 2. The van der Waals surface area contributed by atoms with Gasteiger partial charge in [-0.1, -0.05) is 18.2 Å². The molecule has 0 bridgehead atoms. The van der Waals surface area contributed by atoms with Crippen LogP contribution in [0.25, 0.3) is 0 Å². The summed E-state index contributed by atoms with van der Waals surface area (Å²) in [6, 6.07) is 13.7. The van der Waals surface area contributed by atoms with E-state index in [1.54, 1.807) is 0 Å². The van der Waals surface area contributed by atoms with Gasteiger partial charge in [0.2, 0.25) is 6.79 Å². The first kappa shape index (κ1) is 21.9. The molecule has 1 aliphatic heterocycles. The maximum Gasteiger partial charge on any atom is 0.258 e. The Bertz CT molecular complexity index is 788. The third-order valence-corrected chi connectivity index (χ3v) is 3.90. The van der Waals surface area contributed by atoms with Crippen LogP contribution in [0.4, 0.5) is 0 Å². The number of amides is 1. The molecule has 0 aliphatic carbocycles. The molecule has 0 spiro atoms. The molecule has 28 heavy (non-hydrogen) atoms. The maximum atomic E-state index is 11.8. The number of hydrogen-bond acceptors (Lipinski definition) is 5. The fraction of sp³-hybridized carbons (Fsp3) is 0.381. The first-order chi connectivity index (χ1) is 12.9. The number of carbonyl (C=O) groups excluding carboxylic acids is 1. The van der Waals surface area contributed by atoms with Crippen LogP contribution in [-0.4, -0.2) is 24.8 Å². The predicted octanol–water partition coefficient (Wildman–Crippen LogP) is 3.42. The molecule has 0 saturated heterocycles. The van der Waals surface area contributed by atoms with Crippen LogP contribution >= 0.6 is 12.4 Å². The van der Waals surface area contributed by atoms with Crippen LogP contribution < -0.4 is 24.8 Å². The molecule has 2 aromatic carbocycles. The van der Waals surface area contributed by atoms with Crippen LogP contribution in [-0.2, 0) is 17.9 Å². The van der Waals surface area contributed by atoms with E-state index in [1.807, 2.05) is 63.2 Å². The Kier molecular flexibility index (Phi) is 7.54. The average molecular weight is 407 g/mol. The Morgan fingerprint density at radius 3 is 2.36 bits per heavy atom. The molecule has 152 valence electrons. The van der Waals surface area contributed by atoms with Crippen molar-refractivity contribution in [3.8, 4) is 17.2 Å². The van der Waals surface area contributed by atoms with Crippen LogP contribution in [0.2, 0.25) is 0 Å². The second kappa shape index (κ2) is 9.66. The van der Waals surface area contributed by atoms with E-state index in [2.05, 4.69) is 10.6 Å². The fourth-order valence-corrected chi connectivity index (χ4v) is 2.71. The zero-order valence-electron chi connectivity index (χ0n) is 16.4. The van der Waals surface area contributed by atoms with Crippen molar-refractivity contribution in [1.82, 2.24) is 10.6 Å². The smallest absolute Gasteiger partial charge is 0.258 e. The summed E-state index contributed by atoms with van der Waals surface area (Å²) in [5.41, 5.74) is 2.03. The second-order valence-corrected chi connectivity index (χ2v) is 7.52. The molecule has 7 heteroatoms. The van der Waals surface area contributed by atoms with Gasteiger partial charge < -0.3 is 24.8 Å². The number of halogens is 1. The normalized spacial score (nSPS) is 12.2. The molecule has 1 aliphatic rings. The molecule has 3 rings (SSSR count). The van der Waals surface area contributed by atoms with E-state index in [9.17, 15) is 4.79 Å². The van der Waals surface area contributed by atoms with Crippen molar-refractivity contribution in [2.24, 2.45) is 0 Å². The van der Waals surface area contributed by atoms with Gasteiger partial charge >= 0.3 is 0 Å². The van der Waals surface area contributed by atoms with Gasteiger partial charge in [0.1, 0.15) is 5.75 Å². The number of rotatable bonds is 7. The Labute approximate surface area is 172 Å². The highest BCUT2D eigenvalue weighted by molar-refractivity contribution is 5.85. The molecule has 2 N–H and O–H groups in total. The van der Waals surface area contributed by atoms with Gasteiger partial charge in [-0.05, 0) is 56.2 Å². The highest BCUT2D eigenvalue weighted by Crippen LogP contribution is 2.32. The first-order valence-corrected chi connectivity index (χ1v) is 9.01. The number of fused-ring (bicyclic) bond motifs is 1. The Morgan fingerprint density at radius 1 is 1.00 bits per heavy atom. The number of ether oxygens (including phenoxy) is 3. The van der Waals surface area contributed by atoms with Crippen LogP contribution in [0.5, 0.6) is 17.2 Å². The zero-order valence-corrected chi connectivity index (χ0v) is 17.2. The van der Waals surface area contributed by atoms with Crippen molar-refractivity contribution in [2.45, 2.75) is 39.4 Å². The third-order valence-electron chi connectivity index (χ3n) is 3.90. The average Bonchev–Trinajstić information content (AvgIpc) is 3.07. The number of benzene rings is 2. The molecular weight excluding hydrogens is 380 g/mol. The van der Waals surface area contributed by atoms with Crippen molar-refractivity contribution >= 4 is 18.3 Å². The SMILES string of the molecule is CC(C)(C)NC(=O)COc1ccc(CNCc2ccc3c(c2)OCO3)cc1.Cl. The highest BCUT2D eigenvalue weighted by Gasteiger charge is 2.14. The zero-order chi connectivity index (χ0) is 19.3. The minimum absolute atomic E-state index is 0. The lowest BCUT2D eigenvalue weighted by Gasteiger charge is -2.20. The molecule has 6 nitrogen and oxygen atoms in total. The quantitative estimate of drug-likeness (QED) is 0.737. The van der Waals surface area contributed by atoms with Crippen LogP contribution in [0, 0.1) is 0 Å². The van der Waals surface area contributed by atoms with Crippen LogP contribution in [0.3, 0.4) is 0 Å². The monoisotopic (exact) mass is 406 g/mol. The van der Waals surface area contributed by atoms with Crippen LogP contribution in [0.1, 0.15) is 31.9 Å². The van der Waals surface area contributed by atoms with E-state index >= 15 is 0 Å². The van der Waals surface area contributed by atoms with Crippen molar-refractivity contribution in [2.75, 3.05) is 13.4 Å². The Balaban J connectivity index is 0.00000280. The molecule has 0 saturated carbocycles. The molecule has 1 heterocycles. The number of carbonyl (C=O) groups is 1. The van der Waals surface area contributed by atoms with E-state index in [4.69, 9.17) is 14.2 Å². The predicted molar refractivity (Wildman–Crippen MR) is 110 cm³/mol. The van der Waals surface area contributed by atoms with Gasteiger partial charge in [0, 0.05) is 18.6 Å².